The van der Waals surface area contributed by atoms with Crippen molar-refractivity contribution in [3.8, 4) is 0 Å². The maximum absolute atomic E-state index is 11.6. The van der Waals surface area contributed by atoms with Gasteiger partial charge in [0.15, 0.2) is 0 Å². The van der Waals surface area contributed by atoms with Crippen molar-refractivity contribution in [3.63, 3.8) is 0 Å². The molecule has 0 atom stereocenters. The van der Waals surface area contributed by atoms with Crippen LogP contribution in [0.15, 0.2) is 18.2 Å². The topological polar surface area (TPSA) is 72.5 Å². The zero-order valence-electron chi connectivity index (χ0n) is 10.1. The van der Waals surface area contributed by atoms with Crippen LogP contribution >= 0.6 is 11.6 Å². The minimum atomic E-state index is -3.44. The van der Waals surface area contributed by atoms with Gasteiger partial charge in [0, 0.05) is 0 Å². The number of methoxy groups -OCH3 is 1. The molecule has 1 aromatic rings. The Balaban J connectivity index is 3.05. The van der Waals surface area contributed by atoms with Gasteiger partial charge in [-0.05, 0) is 24.6 Å². The molecular weight excluding hydrogens is 278 g/mol. The highest BCUT2D eigenvalue weighted by atomic mass is 35.5. The van der Waals surface area contributed by atoms with Gasteiger partial charge in [-0.1, -0.05) is 18.5 Å². The summed E-state index contributed by atoms with van der Waals surface area (Å²) in [5.74, 6) is -0.561. The molecule has 0 bridgehead atoms. The third-order valence-corrected chi connectivity index (χ3v) is 3.93. The molecule has 0 aromatic heterocycles. The van der Waals surface area contributed by atoms with Crippen molar-refractivity contribution in [2.75, 3.05) is 17.6 Å². The highest BCUT2D eigenvalue weighted by Gasteiger charge is 2.14. The molecule has 0 aliphatic carbocycles. The number of sulfonamides is 1. The number of benzene rings is 1. The molecular formula is C11H14ClNO4S. The van der Waals surface area contributed by atoms with E-state index in [1.165, 1.54) is 25.3 Å². The van der Waals surface area contributed by atoms with Gasteiger partial charge in [-0.3, -0.25) is 4.72 Å². The summed E-state index contributed by atoms with van der Waals surface area (Å²) < 4.78 is 30.1. The molecule has 1 rings (SSSR count). The Bertz CT molecular complexity index is 542. The molecule has 0 spiro atoms. The normalized spacial score (nSPS) is 11.1. The van der Waals surface area contributed by atoms with Crippen LogP contribution in [0.4, 0.5) is 5.69 Å². The van der Waals surface area contributed by atoms with Crippen molar-refractivity contribution >= 4 is 33.3 Å². The molecule has 0 heterocycles. The second-order valence-electron chi connectivity index (χ2n) is 3.61. The van der Waals surface area contributed by atoms with Crippen LogP contribution in [0.3, 0.4) is 0 Å². The van der Waals surface area contributed by atoms with Gasteiger partial charge in [-0.25, -0.2) is 13.2 Å². The fourth-order valence-corrected chi connectivity index (χ4v) is 2.70. The Hall–Kier alpha value is -1.27. The molecule has 1 aromatic carbocycles. The number of esters is 1. The number of hydrogen-bond acceptors (Lipinski definition) is 4. The van der Waals surface area contributed by atoms with Crippen LogP contribution < -0.4 is 4.72 Å². The Kier molecular flexibility index (Phi) is 4.98. The van der Waals surface area contributed by atoms with E-state index in [2.05, 4.69) is 9.46 Å². The van der Waals surface area contributed by atoms with Crippen LogP contribution in [0, 0.1) is 0 Å². The number of halogens is 1. The SMILES string of the molecule is CCCS(=O)(=O)Nc1cc(C(=O)OC)ccc1Cl. The van der Waals surface area contributed by atoms with E-state index in [1.54, 1.807) is 6.92 Å². The quantitative estimate of drug-likeness (QED) is 0.845. The summed E-state index contributed by atoms with van der Waals surface area (Å²) in [6, 6.07) is 4.25. The molecule has 0 aliphatic rings. The lowest BCUT2D eigenvalue weighted by molar-refractivity contribution is 0.0601. The van der Waals surface area contributed by atoms with Gasteiger partial charge in [0.25, 0.3) is 0 Å². The van der Waals surface area contributed by atoms with Crippen LogP contribution in [0.1, 0.15) is 23.7 Å². The Labute approximate surface area is 111 Å². The summed E-state index contributed by atoms with van der Waals surface area (Å²) >= 11 is 5.87. The van der Waals surface area contributed by atoms with E-state index < -0.39 is 16.0 Å². The van der Waals surface area contributed by atoms with Crippen LogP contribution in [-0.4, -0.2) is 27.2 Å². The van der Waals surface area contributed by atoms with Gasteiger partial charge in [0.1, 0.15) is 0 Å². The molecule has 1 N–H and O–H groups in total. The van der Waals surface area contributed by atoms with Gasteiger partial charge in [-0.15, -0.1) is 0 Å². The van der Waals surface area contributed by atoms with Crippen molar-refractivity contribution in [3.05, 3.63) is 28.8 Å². The fraction of sp³-hybridized carbons (Fsp3) is 0.364. The average molecular weight is 292 g/mol. The lowest BCUT2D eigenvalue weighted by Gasteiger charge is -2.10. The third kappa shape index (κ3) is 3.89. The minimum absolute atomic E-state index is 0.00815. The number of nitrogens with one attached hydrogen (secondary N) is 1. The monoisotopic (exact) mass is 291 g/mol. The van der Waals surface area contributed by atoms with E-state index in [0.29, 0.717) is 6.42 Å². The first kappa shape index (κ1) is 14.8. The van der Waals surface area contributed by atoms with Crippen LogP contribution in [-0.2, 0) is 14.8 Å². The molecule has 18 heavy (non-hydrogen) atoms. The first-order valence-corrected chi connectivity index (χ1v) is 7.31. The average Bonchev–Trinajstić information content (AvgIpc) is 2.30. The summed E-state index contributed by atoms with van der Waals surface area (Å²) in [5.41, 5.74) is 0.407. The summed E-state index contributed by atoms with van der Waals surface area (Å²) in [5, 5.41) is 0.224. The molecule has 0 saturated heterocycles. The first-order chi connectivity index (χ1) is 8.39. The second kappa shape index (κ2) is 6.06. The number of carbonyl (C=O) groups excluding carboxylic acids is 1. The minimum Gasteiger partial charge on any atom is -0.465 e. The molecule has 5 nitrogen and oxygen atoms in total. The van der Waals surface area contributed by atoms with Gasteiger partial charge in [-0.2, -0.15) is 0 Å². The Morgan fingerprint density at radius 1 is 1.44 bits per heavy atom. The second-order valence-corrected chi connectivity index (χ2v) is 5.86. The highest BCUT2D eigenvalue weighted by Crippen LogP contribution is 2.24. The van der Waals surface area contributed by atoms with Gasteiger partial charge in [0.2, 0.25) is 10.0 Å². The van der Waals surface area contributed by atoms with Gasteiger partial charge in [0.05, 0.1) is 29.1 Å². The molecule has 0 aliphatic heterocycles. The maximum atomic E-state index is 11.6. The highest BCUT2D eigenvalue weighted by molar-refractivity contribution is 7.92. The van der Waals surface area contributed by atoms with E-state index in [0.717, 1.165) is 0 Å². The Morgan fingerprint density at radius 2 is 2.11 bits per heavy atom. The van der Waals surface area contributed by atoms with Crippen molar-refractivity contribution in [1.82, 2.24) is 0 Å². The first-order valence-electron chi connectivity index (χ1n) is 5.28. The molecule has 0 unspecified atom stereocenters. The summed E-state index contributed by atoms with van der Waals surface area (Å²) in [6.45, 7) is 1.76. The lowest BCUT2D eigenvalue weighted by Crippen LogP contribution is -2.16. The van der Waals surface area contributed by atoms with Crippen LogP contribution in [0.5, 0.6) is 0 Å². The molecule has 0 saturated carbocycles. The summed E-state index contributed by atoms with van der Waals surface area (Å²) in [7, 11) is -2.20. The molecule has 0 fully saturated rings. The number of carbonyl (C=O) groups is 1. The predicted molar refractivity (Wildman–Crippen MR) is 70.5 cm³/mol. The maximum Gasteiger partial charge on any atom is 0.337 e. The number of anilines is 1. The van der Waals surface area contributed by atoms with Crippen molar-refractivity contribution in [2.45, 2.75) is 13.3 Å². The van der Waals surface area contributed by atoms with E-state index in [9.17, 15) is 13.2 Å². The zero-order valence-corrected chi connectivity index (χ0v) is 11.6. The summed E-state index contributed by atoms with van der Waals surface area (Å²) in [6.07, 6.45) is 0.490. The van der Waals surface area contributed by atoms with Crippen LogP contribution in [0.25, 0.3) is 0 Å². The van der Waals surface area contributed by atoms with E-state index in [4.69, 9.17) is 11.6 Å². The van der Waals surface area contributed by atoms with Crippen molar-refractivity contribution < 1.29 is 17.9 Å². The molecule has 0 radical (unpaired) electrons. The molecule has 0 amide bonds. The fourth-order valence-electron chi connectivity index (χ4n) is 1.34. The number of ether oxygens (including phenoxy) is 1. The van der Waals surface area contributed by atoms with Gasteiger partial charge < -0.3 is 4.74 Å². The lowest BCUT2D eigenvalue weighted by atomic mass is 10.2. The number of hydrogen-bond donors (Lipinski definition) is 1. The van der Waals surface area contributed by atoms with E-state index >= 15 is 0 Å². The van der Waals surface area contributed by atoms with Crippen molar-refractivity contribution in [1.29, 1.82) is 0 Å². The predicted octanol–water partition coefficient (Wildman–Crippen LogP) is 2.28. The van der Waals surface area contributed by atoms with Crippen LogP contribution in [0.2, 0.25) is 5.02 Å². The van der Waals surface area contributed by atoms with E-state index in [1.807, 2.05) is 0 Å². The smallest absolute Gasteiger partial charge is 0.337 e. The molecule has 100 valence electrons. The van der Waals surface area contributed by atoms with Crippen molar-refractivity contribution in [2.24, 2.45) is 0 Å². The Morgan fingerprint density at radius 3 is 2.67 bits per heavy atom. The van der Waals surface area contributed by atoms with Gasteiger partial charge >= 0.3 is 5.97 Å². The van der Waals surface area contributed by atoms with E-state index in [-0.39, 0.29) is 22.0 Å². The summed E-state index contributed by atoms with van der Waals surface area (Å²) in [4.78, 5) is 11.3. The standard InChI is InChI=1S/C11H14ClNO4S/c1-3-6-18(15,16)13-10-7-8(11(14)17-2)4-5-9(10)12/h4-5,7,13H,3,6H2,1-2H3. The molecule has 7 heteroatoms. The largest absolute Gasteiger partial charge is 0.465 e. The zero-order chi connectivity index (χ0) is 13.8. The number of rotatable bonds is 5. The third-order valence-electron chi connectivity index (χ3n) is 2.13.